The molecule has 1 aromatic rings. The summed E-state index contributed by atoms with van der Waals surface area (Å²) < 4.78 is 6.80. The van der Waals surface area contributed by atoms with Crippen LogP contribution in [-0.2, 0) is 4.74 Å². The van der Waals surface area contributed by atoms with Crippen molar-refractivity contribution in [1.29, 1.82) is 0 Å². The third-order valence-corrected chi connectivity index (χ3v) is 4.45. The molecule has 2 atom stereocenters. The van der Waals surface area contributed by atoms with E-state index in [2.05, 4.69) is 38.6 Å². The number of nitrogens with zero attached hydrogens (tertiary/aromatic N) is 1. The fourth-order valence-corrected chi connectivity index (χ4v) is 3.37. The molecule has 0 spiro atoms. The number of thiophene rings is 1. The van der Waals surface area contributed by atoms with Gasteiger partial charge < -0.3 is 15.4 Å². The average molecular weight is 291 g/mol. The van der Waals surface area contributed by atoms with E-state index in [1.807, 2.05) is 0 Å². The minimum atomic E-state index is -0.0339. The summed E-state index contributed by atoms with van der Waals surface area (Å²) in [5.74, 6) is 0. The molecule has 2 N–H and O–H groups in total. The van der Waals surface area contributed by atoms with E-state index in [1.54, 1.807) is 11.3 Å². The predicted molar refractivity (Wildman–Crippen MR) is 66.2 cm³/mol. The molecule has 1 fully saturated rings. The molecule has 84 valence electrons. The first-order valence-corrected chi connectivity index (χ1v) is 6.69. The lowest BCUT2D eigenvalue weighted by Crippen LogP contribution is -2.45. The predicted octanol–water partition coefficient (Wildman–Crippen LogP) is 1.84. The second-order valence-electron chi connectivity index (χ2n) is 3.87. The maximum Gasteiger partial charge on any atom is 0.0895 e. The Morgan fingerprint density at radius 1 is 1.67 bits per heavy atom. The Kier molecular flexibility index (Phi) is 3.79. The van der Waals surface area contributed by atoms with Crippen molar-refractivity contribution in [3.05, 3.63) is 20.8 Å². The Labute approximate surface area is 102 Å². The molecule has 15 heavy (non-hydrogen) atoms. The van der Waals surface area contributed by atoms with E-state index in [4.69, 9.17) is 10.5 Å². The molecular weight excluding hydrogens is 276 g/mol. The Balaban J connectivity index is 2.07. The lowest BCUT2D eigenvalue weighted by molar-refractivity contribution is -0.0326. The summed E-state index contributed by atoms with van der Waals surface area (Å²) in [4.78, 5) is 2.26. The Morgan fingerprint density at radius 2 is 2.47 bits per heavy atom. The van der Waals surface area contributed by atoms with E-state index in [0.717, 1.165) is 29.7 Å². The van der Waals surface area contributed by atoms with Crippen LogP contribution < -0.4 is 5.73 Å². The number of likely N-dealkylation sites (N-methyl/N-ethyl adjacent to an activating group) is 1. The van der Waals surface area contributed by atoms with Gasteiger partial charge in [0, 0.05) is 22.9 Å². The van der Waals surface area contributed by atoms with Crippen molar-refractivity contribution >= 4 is 27.3 Å². The van der Waals surface area contributed by atoms with Crippen molar-refractivity contribution in [2.75, 3.05) is 26.7 Å². The summed E-state index contributed by atoms with van der Waals surface area (Å²) in [6, 6.07) is -0.0339. The van der Waals surface area contributed by atoms with Gasteiger partial charge >= 0.3 is 0 Å². The molecule has 0 bridgehead atoms. The van der Waals surface area contributed by atoms with E-state index in [0.29, 0.717) is 0 Å². The standard InChI is InChI=1S/C10H15BrN2OS/c1-13-2-3-14-9(4-13)10(12)7-5-15-6-8(7)11/h5-6,9-10H,2-4,12H2,1H3. The molecule has 1 aromatic heterocycles. The Hall–Kier alpha value is 0.0600. The summed E-state index contributed by atoms with van der Waals surface area (Å²) in [7, 11) is 2.10. The van der Waals surface area contributed by atoms with E-state index >= 15 is 0 Å². The minimum Gasteiger partial charge on any atom is -0.374 e. The van der Waals surface area contributed by atoms with Crippen LogP contribution in [-0.4, -0.2) is 37.7 Å². The van der Waals surface area contributed by atoms with Gasteiger partial charge in [-0.25, -0.2) is 0 Å². The van der Waals surface area contributed by atoms with Gasteiger partial charge in [0.2, 0.25) is 0 Å². The zero-order valence-electron chi connectivity index (χ0n) is 8.65. The molecule has 3 nitrogen and oxygen atoms in total. The summed E-state index contributed by atoms with van der Waals surface area (Å²) in [5.41, 5.74) is 7.36. The largest absolute Gasteiger partial charge is 0.374 e. The molecule has 1 aliphatic heterocycles. The van der Waals surface area contributed by atoms with Crippen LogP contribution in [0.25, 0.3) is 0 Å². The molecule has 5 heteroatoms. The quantitative estimate of drug-likeness (QED) is 0.903. The number of ether oxygens (including phenoxy) is 1. The molecule has 0 amide bonds. The van der Waals surface area contributed by atoms with Gasteiger partial charge in [0.15, 0.2) is 0 Å². The highest BCUT2D eigenvalue weighted by molar-refractivity contribution is 9.10. The van der Waals surface area contributed by atoms with Gasteiger partial charge in [-0.1, -0.05) is 0 Å². The fourth-order valence-electron chi connectivity index (χ4n) is 1.76. The number of nitrogens with two attached hydrogens (primary N) is 1. The smallest absolute Gasteiger partial charge is 0.0895 e. The highest BCUT2D eigenvalue weighted by Crippen LogP contribution is 2.29. The Bertz CT molecular complexity index is 331. The molecule has 0 radical (unpaired) electrons. The van der Waals surface area contributed by atoms with Crippen LogP contribution in [0.3, 0.4) is 0 Å². The molecule has 0 aliphatic carbocycles. The number of morpholine rings is 1. The van der Waals surface area contributed by atoms with Crippen molar-refractivity contribution in [2.24, 2.45) is 5.73 Å². The van der Waals surface area contributed by atoms with Crippen LogP contribution in [0.2, 0.25) is 0 Å². The van der Waals surface area contributed by atoms with Crippen LogP contribution in [0, 0.1) is 0 Å². The van der Waals surface area contributed by atoms with E-state index in [9.17, 15) is 0 Å². The average Bonchev–Trinajstić information content (AvgIpc) is 2.63. The molecule has 2 heterocycles. The third-order valence-electron chi connectivity index (χ3n) is 2.70. The van der Waals surface area contributed by atoms with Crippen LogP contribution in [0.4, 0.5) is 0 Å². The van der Waals surface area contributed by atoms with Gasteiger partial charge in [-0.3, -0.25) is 0 Å². The van der Waals surface area contributed by atoms with Crippen LogP contribution >= 0.6 is 27.3 Å². The monoisotopic (exact) mass is 290 g/mol. The third kappa shape index (κ3) is 2.60. The lowest BCUT2D eigenvalue weighted by Gasteiger charge is -2.33. The maximum absolute atomic E-state index is 6.20. The van der Waals surface area contributed by atoms with E-state index in [1.165, 1.54) is 0 Å². The number of rotatable bonds is 2. The molecule has 1 aliphatic rings. The van der Waals surface area contributed by atoms with E-state index < -0.39 is 0 Å². The zero-order valence-corrected chi connectivity index (χ0v) is 11.1. The highest BCUT2D eigenvalue weighted by Gasteiger charge is 2.26. The van der Waals surface area contributed by atoms with Crippen molar-refractivity contribution in [1.82, 2.24) is 4.90 Å². The first-order chi connectivity index (χ1) is 7.18. The van der Waals surface area contributed by atoms with Crippen molar-refractivity contribution in [3.8, 4) is 0 Å². The maximum atomic E-state index is 6.20. The highest BCUT2D eigenvalue weighted by atomic mass is 79.9. The number of hydrogen-bond acceptors (Lipinski definition) is 4. The van der Waals surface area contributed by atoms with Crippen molar-refractivity contribution in [2.45, 2.75) is 12.1 Å². The molecule has 2 rings (SSSR count). The molecule has 0 aromatic carbocycles. The van der Waals surface area contributed by atoms with Gasteiger partial charge in [-0.05, 0) is 33.9 Å². The van der Waals surface area contributed by atoms with Crippen LogP contribution in [0.15, 0.2) is 15.2 Å². The normalized spacial score (nSPS) is 25.4. The number of halogens is 1. The Morgan fingerprint density at radius 3 is 3.07 bits per heavy atom. The summed E-state index contributed by atoms with van der Waals surface area (Å²) in [6.07, 6.45) is 0.106. The lowest BCUT2D eigenvalue weighted by atomic mass is 10.0. The van der Waals surface area contributed by atoms with Gasteiger partial charge in [-0.2, -0.15) is 11.3 Å². The SMILES string of the molecule is CN1CCOC(C(N)c2cscc2Br)C1. The van der Waals surface area contributed by atoms with Crippen molar-refractivity contribution < 1.29 is 4.74 Å². The van der Waals surface area contributed by atoms with Crippen LogP contribution in [0.5, 0.6) is 0 Å². The number of hydrogen-bond donors (Lipinski definition) is 1. The van der Waals surface area contributed by atoms with Gasteiger partial charge in [0.25, 0.3) is 0 Å². The summed E-state index contributed by atoms with van der Waals surface area (Å²) >= 11 is 5.17. The fraction of sp³-hybridized carbons (Fsp3) is 0.600. The molecular formula is C10H15BrN2OS. The zero-order chi connectivity index (χ0) is 10.8. The summed E-state index contributed by atoms with van der Waals surface area (Å²) in [5, 5.41) is 4.15. The molecule has 2 unspecified atom stereocenters. The summed E-state index contributed by atoms with van der Waals surface area (Å²) in [6.45, 7) is 2.67. The topological polar surface area (TPSA) is 38.5 Å². The molecule has 1 saturated heterocycles. The first-order valence-electron chi connectivity index (χ1n) is 4.96. The van der Waals surface area contributed by atoms with E-state index in [-0.39, 0.29) is 12.1 Å². The van der Waals surface area contributed by atoms with Gasteiger partial charge in [0.1, 0.15) is 0 Å². The van der Waals surface area contributed by atoms with Gasteiger partial charge in [0.05, 0.1) is 18.8 Å². The molecule has 0 saturated carbocycles. The minimum absolute atomic E-state index is 0.0339. The second-order valence-corrected chi connectivity index (χ2v) is 5.47. The first kappa shape index (κ1) is 11.5. The van der Waals surface area contributed by atoms with Crippen molar-refractivity contribution in [3.63, 3.8) is 0 Å². The van der Waals surface area contributed by atoms with Gasteiger partial charge in [-0.15, -0.1) is 0 Å². The van der Waals surface area contributed by atoms with Crippen LogP contribution in [0.1, 0.15) is 11.6 Å². The second kappa shape index (κ2) is 4.93.